The molecule has 0 unspecified atom stereocenters. The molecule has 1 heterocycles. The monoisotopic (exact) mass is 315 g/mol. The second kappa shape index (κ2) is 5.73. The van der Waals surface area contributed by atoms with Crippen LogP contribution in [0.3, 0.4) is 0 Å². The Bertz CT molecular complexity index is 837. The maximum atomic E-state index is 12.5. The zero-order valence-electron chi connectivity index (χ0n) is 12.1. The second-order valence-corrected chi connectivity index (χ2v) is 5.29. The first-order chi connectivity index (χ1) is 10.6. The number of benzene rings is 2. The van der Waals surface area contributed by atoms with E-state index in [2.05, 4.69) is 5.32 Å². The molecule has 0 aliphatic rings. The summed E-state index contributed by atoms with van der Waals surface area (Å²) in [6.45, 7) is 1.77. The number of hydrogen-bond acceptors (Lipinski definition) is 3. The number of ether oxygens (including phenoxy) is 1. The molecular formula is C17H14ClNO3. The second-order valence-electron chi connectivity index (χ2n) is 4.86. The Morgan fingerprint density at radius 3 is 2.59 bits per heavy atom. The van der Waals surface area contributed by atoms with Crippen molar-refractivity contribution in [3.05, 3.63) is 58.8 Å². The van der Waals surface area contributed by atoms with Crippen molar-refractivity contribution in [2.75, 3.05) is 12.4 Å². The highest BCUT2D eigenvalue weighted by molar-refractivity contribution is 6.30. The van der Waals surface area contributed by atoms with Gasteiger partial charge in [0.2, 0.25) is 0 Å². The predicted octanol–water partition coefficient (Wildman–Crippen LogP) is 4.66. The van der Waals surface area contributed by atoms with Crippen LogP contribution in [0, 0.1) is 6.92 Å². The average molecular weight is 316 g/mol. The quantitative estimate of drug-likeness (QED) is 0.765. The molecule has 5 heteroatoms. The van der Waals surface area contributed by atoms with Crippen molar-refractivity contribution in [1.82, 2.24) is 0 Å². The number of carbonyl (C=O) groups excluding carboxylic acids is 1. The molecule has 112 valence electrons. The molecule has 1 amide bonds. The van der Waals surface area contributed by atoms with Gasteiger partial charge in [-0.3, -0.25) is 4.79 Å². The van der Waals surface area contributed by atoms with Gasteiger partial charge in [0.05, 0.1) is 12.7 Å². The zero-order valence-corrected chi connectivity index (χ0v) is 12.9. The third kappa shape index (κ3) is 2.65. The number of methoxy groups -OCH3 is 1. The molecule has 0 aliphatic carbocycles. The number of furan rings is 1. The summed E-state index contributed by atoms with van der Waals surface area (Å²) in [5.41, 5.74) is 1.83. The van der Waals surface area contributed by atoms with Crippen molar-refractivity contribution in [1.29, 1.82) is 0 Å². The van der Waals surface area contributed by atoms with Crippen molar-refractivity contribution in [2.45, 2.75) is 6.92 Å². The minimum absolute atomic E-state index is 0.230. The van der Waals surface area contributed by atoms with E-state index in [0.717, 1.165) is 5.39 Å². The van der Waals surface area contributed by atoms with E-state index in [9.17, 15) is 4.79 Å². The Labute approximate surface area is 132 Å². The summed E-state index contributed by atoms with van der Waals surface area (Å²) in [7, 11) is 1.58. The SMILES string of the molecule is COc1ccc2oc(C)c(C(=O)Nc3ccc(Cl)cc3)c2c1. The van der Waals surface area contributed by atoms with Crippen LogP contribution in [0.1, 0.15) is 16.1 Å². The zero-order chi connectivity index (χ0) is 15.7. The number of carbonyl (C=O) groups is 1. The highest BCUT2D eigenvalue weighted by Gasteiger charge is 2.19. The minimum Gasteiger partial charge on any atom is -0.497 e. The fraction of sp³-hybridized carbons (Fsp3) is 0.118. The molecule has 0 fully saturated rings. The number of nitrogens with one attached hydrogen (secondary N) is 1. The van der Waals surface area contributed by atoms with Crippen LogP contribution in [0.5, 0.6) is 5.75 Å². The lowest BCUT2D eigenvalue weighted by Crippen LogP contribution is -2.12. The molecular weight excluding hydrogens is 302 g/mol. The Kier molecular flexibility index (Phi) is 3.77. The van der Waals surface area contributed by atoms with Gasteiger partial charge in [-0.25, -0.2) is 0 Å². The lowest BCUT2D eigenvalue weighted by Gasteiger charge is -2.05. The molecule has 0 bridgehead atoms. The predicted molar refractivity (Wildman–Crippen MR) is 86.9 cm³/mol. The van der Waals surface area contributed by atoms with E-state index in [1.165, 1.54) is 0 Å². The Morgan fingerprint density at radius 1 is 1.18 bits per heavy atom. The smallest absolute Gasteiger partial charge is 0.259 e. The van der Waals surface area contributed by atoms with Crippen LogP contribution < -0.4 is 10.1 Å². The Hall–Kier alpha value is -2.46. The molecule has 0 atom stereocenters. The summed E-state index contributed by atoms with van der Waals surface area (Å²) in [6.07, 6.45) is 0. The van der Waals surface area contributed by atoms with E-state index >= 15 is 0 Å². The summed E-state index contributed by atoms with van der Waals surface area (Å²) in [5.74, 6) is 1.01. The van der Waals surface area contributed by atoms with E-state index in [1.54, 1.807) is 56.5 Å². The molecule has 22 heavy (non-hydrogen) atoms. The van der Waals surface area contributed by atoms with Crippen LogP contribution in [0.4, 0.5) is 5.69 Å². The van der Waals surface area contributed by atoms with Crippen molar-refractivity contribution < 1.29 is 13.9 Å². The first kappa shape index (κ1) is 14.5. The number of hydrogen-bond donors (Lipinski definition) is 1. The molecule has 0 aliphatic heterocycles. The number of rotatable bonds is 3. The van der Waals surface area contributed by atoms with Crippen LogP contribution in [-0.4, -0.2) is 13.0 Å². The van der Waals surface area contributed by atoms with Gasteiger partial charge in [-0.2, -0.15) is 0 Å². The summed E-state index contributed by atoms with van der Waals surface area (Å²) in [5, 5.41) is 4.19. The number of amides is 1. The maximum Gasteiger partial charge on any atom is 0.259 e. The molecule has 1 N–H and O–H groups in total. The summed E-state index contributed by atoms with van der Waals surface area (Å²) >= 11 is 5.84. The van der Waals surface area contributed by atoms with Gasteiger partial charge in [0, 0.05) is 16.1 Å². The van der Waals surface area contributed by atoms with Crippen LogP contribution in [0.25, 0.3) is 11.0 Å². The lowest BCUT2D eigenvalue weighted by atomic mass is 10.1. The Morgan fingerprint density at radius 2 is 1.91 bits per heavy atom. The van der Waals surface area contributed by atoms with E-state index in [1.807, 2.05) is 0 Å². The first-order valence-electron chi connectivity index (χ1n) is 6.72. The Balaban J connectivity index is 1.99. The molecule has 3 aromatic rings. The van der Waals surface area contributed by atoms with Gasteiger partial charge in [-0.15, -0.1) is 0 Å². The van der Waals surface area contributed by atoms with Crippen LogP contribution in [0.2, 0.25) is 5.02 Å². The van der Waals surface area contributed by atoms with Gasteiger partial charge in [0.15, 0.2) is 0 Å². The largest absolute Gasteiger partial charge is 0.497 e. The fourth-order valence-electron chi connectivity index (χ4n) is 2.34. The standard InChI is InChI=1S/C17H14ClNO3/c1-10-16(14-9-13(21-2)7-8-15(14)22-10)17(20)19-12-5-3-11(18)4-6-12/h3-9H,1-2H3,(H,19,20). The lowest BCUT2D eigenvalue weighted by molar-refractivity contribution is 0.102. The summed E-state index contributed by atoms with van der Waals surface area (Å²) in [6, 6.07) is 12.3. The normalized spacial score (nSPS) is 10.7. The maximum absolute atomic E-state index is 12.5. The minimum atomic E-state index is -0.230. The van der Waals surface area contributed by atoms with Gasteiger partial charge in [0.25, 0.3) is 5.91 Å². The first-order valence-corrected chi connectivity index (χ1v) is 7.10. The van der Waals surface area contributed by atoms with E-state index < -0.39 is 0 Å². The fourth-order valence-corrected chi connectivity index (χ4v) is 2.46. The number of fused-ring (bicyclic) bond motifs is 1. The van der Waals surface area contributed by atoms with Gasteiger partial charge in [0.1, 0.15) is 17.1 Å². The van der Waals surface area contributed by atoms with Gasteiger partial charge in [-0.1, -0.05) is 11.6 Å². The third-order valence-electron chi connectivity index (χ3n) is 3.40. The van der Waals surface area contributed by atoms with Crippen molar-refractivity contribution in [3.63, 3.8) is 0 Å². The van der Waals surface area contributed by atoms with Crippen LogP contribution in [0.15, 0.2) is 46.9 Å². The summed E-state index contributed by atoms with van der Waals surface area (Å²) in [4.78, 5) is 12.5. The van der Waals surface area contributed by atoms with Gasteiger partial charge >= 0.3 is 0 Å². The molecule has 2 aromatic carbocycles. The third-order valence-corrected chi connectivity index (χ3v) is 3.65. The number of halogens is 1. The molecule has 0 spiro atoms. The average Bonchev–Trinajstić information content (AvgIpc) is 2.84. The van der Waals surface area contributed by atoms with E-state index in [-0.39, 0.29) is 5.91 Å². The topological polar surface area (TPSA) is 51.5 Å². The highest BCUT2D eigenvalue weighted by Crippen LogP contribution is 2.29. The van der Waals surface area contributed by atoms with Gasteiger partial charge in [-0.05, 0) is 49.4 Å². The van der Waals surface area contributed by atoms with Crippen molar-refractivity contribution in [3.8, 4) is 5.75 Å². The molecule has 4 nitrogen and oxygen atoms in total. The molecule has 0 radical (unpaired) electrons. The van der Waals surface area contributed by atoms with Crippen LogP contribution >= 0.6 is 11.6 Å². The molecule has 1 aromatic heterocycles. The molecule has 3 rings (SSSR count). The van der Waals surface area contributed by atoms with Crippen molar-refractivity contribution in [2.24, 2.45) is 0 Å². The summed E-state index contributed by atoms with van der Waals surface area (Å²) < 4.78 is 10.8. The van der Waals surface area contributed by atoms with Gasteiger partial charge < -0.3 is 14.5 Å². The molecule has 0 saturated carbocycles. The highest BCUT2D eigenvalue weighted by atomic mass is 35.5. The van der Waals surface area contributed by atoms with Crippen molar-refractivity contribution >= 4 is 34.2 Å². The number of aryl methyl sites for hydroxylation is 1. The molecule has 0 saturated heterocycles. The van der Waals surface area contributed by atoms with E-state index in [4.69, 9.17) is 20.8 Å². The van der Waals surface area contributed by atoms with E-state index in [0.29, 0.717) is 33.4 Å². The number of anilines is 1. The van der Waals surface area contributed by atoms with Crippen LogP contribution in [-0.2, 0) is 0 Å².